The third-order valence-corrected chi connectivity index (χ3v) is 11.5. The summed E-state index contributed by atoms with van der Waals surface area (Å²) in [5, 5.41) is 50.2. The summed E-state index contributed by atoms with van der Waals surface area (Å²) >= 11 is 0. The molecule has 1 aliphatic carbocycles. The van der Waals surface area contributed by atoms with Crippen molar-refractivity contribution in [3.8, 4) is 0 Å². The molecule has 0 aromatic carbocycles. The minimum atomic E-state index is -5.13. The number of unbranched alkanes of at least 4 members (excludes halogenated alkanes) is 14. The van der Waals surface area contributed by atoms with Crippen molar-refractivity contribution in [3.63, 3.8) is 0 Å². The van der Waals surface area contributed by atoms with Crippen molar-refractivity contribution in [1.29, 1.82) is 0 Å². The van der Waals surface area contributed by atoms with Crippen LogP contribution in [-0.4, -0.2) is 98.3 Å². The molecule has 0 heterocycles. The molecule has 0 amide bonds. The third kappa shape index (κ3) is 31.0. The molecule has 0 aromatic heterocycles. The Kier molecular flexibility index (Phi) is 35.7. The van der Waals surface area contributed by atoms with Gasteiger partial charge in [-0.3, -0.25) is 18.6 Å². The highest BCUT2D eigenvalue weighted by molar-refractivity contribution is 7.47. The lowest BCUT2D eigenvalue weighted by molar-refractivity contribution is -0.220. The van der Waals surface area contributed by atoms with Crippen molar-refractivity contribution in [3.05, 3.63) is 72.9 Å². The Morgan fingerprint density at radius 2 is 0.905 bits per heavy atom. The molecule has 0 aliphatic heterocycles. The number of rotatable bonds is 38. The van der Waals surface area contributed by atoms with E-state index in [1.807, 2.05) is 0 Å². The SMILES string of the molecule is CC/C=C\C/C=C\C/C=C\CCCCCCCC(=O)O[C@H](COC(=O)CCCCCCCC/C=C\C/C=C\C/C=C\CCCCC)COP(=O)(O)OC1C(O)C(O)C(O)[C@@H](O)C1O. The van der Waals surface area contributed by atoms with Gasteiger partial charge in [0, 0.05) is 12.8 Å². The number of hydrogen-bond acceptors (Lipinski definition) is 12. The van der Waals surface area contributed by atoms with Crippen LogP contribution in [0.2, 0.25) is 0 Å². The van der Waals surface area contributed by atoms with Crippen molar-refractivity contribution < 1.29 is 63.1 Å². The molecule has 362 valence electrons. The molecule has 1 rings (SSSR count). The number of allylic oxidation sites excluding steroid dienone is 12. The number of carbonyl (C=O) groups is 2. The summed E-state index contributed by atoms with van der Waals surface area (Å²) in [6, 6.07) is 0. The lowest BCUT2D eigenvalue weighted by atomic mass is 9.85. The van der Waals surface area contributed by atoms with E-state index in [4.69, 9.17) is 18.5 Å². The van der Waals surface area contributed by atoms with Gasteiger partial charge in [-0.15, -0.1) is 0 Å². The van der Waals surface area contributed by atoms with E-state index in [0.717, 1.165) is 103 Å². The van der Waals surface area contributed by atoms with Gasteiger partial charge in [-0.05, 0) is 83.5 Å². The van der Waals surface area contributed by atoms with Crippen molar-refractivity contribution in [2.24, 2.45) is 0 Å². The molecule has 0 bridgehead atoms. The van der Waals surface area contributed by atoms with Gasteiger partial charge in [0.2, 0.25) is 0 Å². The monoisotopic (exact) mass is 911 g/mol. The first-order chi connectivity index (χ1) is 30.4. The summed E-state index contributed by atoms with van der Waals surface area (Å²) in [7, 11) is -5.13. The van der Waals surface area contributed by atoms with Crippen molar-refractivity contribution in [2.75, 3.05) is 13.2 Å². The van der Waals surface area contributed by atoms with E-state index in [-0.39, 0.29) is 12.8 Å². The highest BCUT2D eigenvalue weighted by Gasteiger charge is 2.51. The second kappa shape index (κ2) is 38.5. The topological polar surface area (TPSA) is 210 Å². The first kappa shape index (κ1) is 58.3. The first-order valence-corrected chi connectivity index (χ1v) is 25.2. The van der Waals surface area contributed by atoms with Crippen molar-refractivity contribution in [1.82, 2.24) is 0 Å². The number of hydrogen-bond donors (Lipinski definition) is 6. The van der Waals surface area contributed by atoms with Gasteiger partial charge in [0.25, 0.3) is 0 Å². The number of phosphoric acid groups is 1. The number of aliphatic hydroxyl groups is 5. The van der Waals surface area contributed by atoms with Crippen molar-refractivity contribution >= 4 is 19.8 Å². The fourth-order valence-electron chi connectivity index (χ4n) is 6.72. The molecular weight excluding hydrogens is 828 g/mol. The Hall–Kier alpha value is -2.71. The number of ether oxygens (including phenoxy) is 2. The minimum absolute atomic E-state index is 0.0704. The van der Waals surface area contributed by atoms with Crippen LogP contribution in [0, 0.1) is 0 Å². The summed E-state index contributed by atoms with van der Waals surface area (Å²) in [6.07, 6.45) is 35.2. The Morgan fingerprint density at radius 3 is 1.38 bits per heavy atom. The molecule has 8 atom stereocenters. The Labute approximate surface area is 378 Å². The van der Waals surface area contributed by atoms with Gasteiger partial charge in [0.1, 0.15) is 43.2 Å². The van der Waals surface area contributed by atoms with Crippen LogP contribution in [0.4, 0.5) is 0 Å². The lowest BCUT2D eigenvalue weighted by Gasteiger charge is -2.41. The number of aliphatic hydroxyl groups excluding tert-OH is 5. The molecule has 0 spiro atoms. The van der Waals surface area contributed by atoms with E-state index in [1.165, 1.54) is 25.7 Å². The van der Waals surface area contributed by atoms with Gasteiger partial charge in [-0.1, -0.05) is 145 Å². The van der Waals surface area contributed by atoms with E-state index >= 15 is 0 Å². The van der Waals surface area contributed by atoms with E-state index in [1.54, 1.807) is 0 Å². The summed E-state index contributed by atoms with van der Waals surface area (Å²) in [5.41, 5.74) is 0. The molecule has 63 heavy (non-hydrogen) atoms. The van der Waals surface area contributed by atoms with Crippen LogP contribution >= 0.6 is 7.82 Å². The highest BCUT2D eigenvalue weighted by Crippen LogP contribution is 2.47. The zero-order chi connectivity index (χ0) is 46.4. The smallest absolute Gasteiger partial charge is 0.462 e. The molecule has 6 unspecified atom stereocenters. The fraction of sp³-hybridized carbons (Fsp3) is 0.714. The van der Waals surface area contributed by atoms with Gasteiger partial charge in [0.15, 0.2) is 6.10 Å². The maximum Gasteiger partial charge on any atom is 0.472 e. The Balaban J connectivity index is 2.46. The lowest BCUT2D eigenvalue weighted by Crippen LogP contribution is -2.64. The van der Waals surface area contributed by atoms with Crippen LogP contribution in [0.15, 0.2) is 72.9 Å². The predicted octanol–water partition coefficient (Wildman–Crippen LogP) is 9.50. The van der Waals surface area contributed by atoms with Crippen molar-refractivity contribution in [2.45, 2.75) is 211 Å². The largest absolute Gasteiger partial charge is 0.472 e. The average molecular weight is 911 g/mol. The van der Waals surface area contributed by atoms with Crippen LogP contribution in [0.5, 0.6) is 0 Å². The Morgan fingerprint density at radius 1 is 0.508 bits per heavy atom. The van der Waals surface area contributed by atoms with Crippen LogP contribution in [0.25, 0.3) is 0 Å². The van der Waals surface area contributed by atoms with Crippen LogP contribution in [0.1, 0.15) is 168 Å². The average Bonchev–Trinajstić information content (AvgIpc) is 3.26. The minimum Gasteiger partial charge on any atom is -0.462 e. The second-order valence-electron chi connectivity index (χ2n) is 16.2. The summed E-state index contributed by atoms with van der Waals surface area (Å²) in [6.45, 7) is 3.13. The predicted molar refractivity (Wildman–Crippen MR) is 249 cm³/mol. The zero-order valence-corrected chi connectivity index (χ0v) is 39.2. The van der Waals surface area contributed by atoms with Crippen LogP contribution < -0.4 is 0 Å². The number of phosphoric ester groups is 1. The summed E-state index contributed by atoms with van der Waals surface area (Å²) in [4.78, 5) is 35.7. The maximum atomic E-state index is 12.8. The molecule has 6 N–H and O–H groups in total. The third-order valence-electron chi connectivity index (χ3n) is 10.5. The summed E-state index contributed by atoms with van der Waals surface area (Å²) < 4.78 is 33.5. The second-order valence-corrected chi connectivity index (χ2v) is 17.6. The molecule has 0 saturated heterocycles. The number of esters is 2. The van der Waals surface area contributed by atoms with Gasteiger partial charge >= 0.3 is 19.8 Å². The molecule has 13 nitrogen and oxygen atoms in total. The first-order valence-electron chi connectivity index (χ1n) is 23.7. The normalized spacial score (nSPS) is 22.3. The van der Waals surface area contributed by atoms with Gasteiger partial charge in [-0.25, -0.2) is 4.57 Å². The molecule has 14 heteroatoms. The number of carbonyl (C=O) groups excluding carboxylic acids is 2. The van der Waals surface area contributed by atoms with E-state index in [9.17, 15) is 44.6 Å². The molecule has 1 aliphatic rings. The maximum absolute atomic E-state index is 12.8. The van der Waals surface area contributed by atoms with Gasteiger partial charge in [0.05, 0.1) is 6.61 Å². The molecule has 0 radical (unpaired) electrons. The molecular formula is C49H83O13P. The molecule has 1 saturated carbocycles. The molecule has 1 fully saturated rings. The quantitative estimate of drug-likeness (QED) is 0.0148. The standard InChI is InChI=1S/C49H83O13P/c1-3-5-7-9-11-13-15-17-19-20-21-22-24-25-27-29-31-33-35-37-42(50)59-39-41(40-60-63(57,58)62-49-47(55)45(53)44(52)46(54)48(49)56)61-43(51)38-36-34-32-30-28-26-23-18-16-14-12-10-8-6-4-2/h6,8,11-14,17-19,21-23,41,44-49,52-56H,3-5,7,9-10,15-16,20,24-40H2,1-2H3,(H,57,58)/b8-6-,13-11-,14-12-,19-17-,22-21-,23-18-/t41-,44?,45-,46?,47?,48?,49?/m1/s1. The Bertz CT molecular complexity index is 1380. The summed E-state index contributed by atoms with van der Waals surface area (Å²) in [5.74, 6) is -1.14. The van der Waals surface area contributed by atoms with E-state index in [2.05, 4.69) is 86.8 Å². The van der Waals surface area contributed by atoms with Crippen LogP contribution in [0.3, 0.4) is 0 Å². The van der Waals surface area contributed by atoms with Gasteiger partial charge < -0.3 is 39.9 Å². The van der Waals surface area contributed by atoms with E-state index in [0.29, 0.717) is 12.8 Å². The zero-order valence-electron chi connectivity index (χ0n) is 38.3. The molecule has 0 aromatic rings. The van der Waals surface area contributed by atoms with E-state index < -0.39 is 75.7 Å². The highest BCUT2D eigenvalue weighted by atomic mass is 31.2. The van der Waals surface area contributed by atoms with Gasteiger partial charge in [-0.2, -0.15) is 0 Å². The fourth-order valence-corrected chi connectivity index (χ4v) is 7.69. The van der Waals surface area contributed by atoms with Crippen LogP contribution in [-0.2, 0) is 32.7 Å².